The Hall–Kier alpha value is -1.37. The van der Waals surface area contributed by atoms with Crippen molar-refractivity contribution in [2.75, 3.05) is 33.7 Å². The molecule has 1 amide bonds. The van der Waals surface area contributed by atoms with Gasteiger partial charge in [0.1, 0.15) is 5.76 Å². The lowest BCUT2D eigenvalue weighted by molar-refractivity contribution is 0.0947. The number of likely N-dealkylation sites (tertiary alicyclic amines) is 1. The van der Waals surface area contributed by atoms with Crippen molar-refractivity contribution < 1.29 is 9.21 Å². The number of nitrogen functional groups attached to an aromatic ring is 1. The van der Waals surface area contributed by atoms with E-state index in [0.29, 0.717) is 17.9 Å². The molecule has 0 saturated carbocycles. The smallest absolute Gasteiger partial charge is 0.268 e. The Kier molecular flexibility index (Phi) is 5.17. The molecule has 1 saturated heterocycles. The van der Waals surface area contributed by atoms with Crippen molar-refractivity contribution in [3.8, 4) is 0 Å². The van der Waals surface area contributed by atoms with Crippen LogP contribution >= 0.6 is 0 Å². The molecule has 6 heteroatoms. The number of hydrazine groups is 1. The van der Waals surface area contributed by atoms with Crippen molar-refractivity contribution in [3.63, 3.8) is 0 Å². The first-order chi connectivity index (χ1) is 9.60. The minimum Gasteiger partial charge on any atom is -0.467 e. The van der Waals surface area contributed by atoms with Gasteiger partial charge in [-0.3, -0.25) is 15.1 Å². The maximum Gasteiger partial charge on any atom is 0.268 e. The zero-order valence-electron chi connectivity index (χ0n) is 12.3. The summed E-state index contributed by atoms with van der Waals surface area (Å²) in [6.45, 7) is 3.91. The Balaban J connectivity index is 1.87. The SMILES string of the molecule is CN(C)CC1CCN(Cc2occc2C(=O)NN)CC1. The Bertz CT molecular complexity index is 436. The Morgan fingerprint density at radius 3 is 2.80 bits per heavy atom. The second kappa shape index (κ2) is 6.88. The van der Waals surface area contributed by atoms with Crippen LogP contribution in [0.25, 0.3) is 0 Å². The molecule has 0 aliphatic carbocycles. The third kappa shape index (κ3) is 3.82. The highest BCUT2D eigenvalue weighted by Gasteiger charge is 2.22. The monoisotopic (exact) mass is 280 g/mol. The molecule has 2 rings (SSSR count). The fourth-order valence-corrected chi connectivity index (χ4v) is 2.79. The number of hydrogen-bond acceptors (Lipinski definition) is 5. The molecule has 0 radical (unpaired) electrons. The molecule has 0 aromatic carbocycles. The van der Waals surface area contributed by atoms with Crippen LogP contribution in [0.3, 0.4) is 0 Å². The quantitative estimate of drug-likeness (QED) is 0.471. The van der Waals surface area contributed by atoms with Gasteiger partial charge < -0.3 is 9.32 Å². The highest BCUT2D eigenvalue weighted by molar-refractivity contribution is 5.94. The molecule has 112 valence electrons. The topological polar surface area (TPSA) is 74.7 Å². The van der Waals surface area contributed by atoms with E-state index in [1.54, 1.807) is 12.3 Å². The average molecular weight is 280 g/mol. The average Bonchev–Trinajstić information content (AvgIpc) is 2.87. The van der Waals surface area contributed by atoms with Gasteiger partial charge in [0.2, 0.25) is 0 Å². The van der Waals surface area contributed by atoms with Crippen LogP contribution in [0.15, 0.2) is 16.7 Å². The van der Waals surface area contributed by atoms with E-state index in [-0.39, 0.29) is 5.91 Å². The van der Waals surface area contributed by atoms with Crippen LogP contribution in [-0.2, 0) is 6.54 Å². The number of nitrogens with one attached hydrogen (secondary N) is 1. The van der Waals surface area contributed by atoms with Crippen LogP contribution in [0.2, 0.25) is 0 Å². The third-order valence-electron chi connectivity index (χ3n) is 3.82. The number of furan rings is 1. The lowest BCUT2D eigenvalue weighted by Crippen LogP contribution is -2.37. The van der Waals surface area contributed by atoms with Gasteiger partial charge in [0.15, 0.2) is 0 Å². The van der Waals surface area contributed by atoms with Gasteiger partial charge in [-0.25, -0.2) is 5.84 Å². The van der Waals surface area contributed by atoms with E-state index < -0.39 is 0 Å². The second-order valence-corrected chi connectivity index (χ2v) is 5.71. The molecule has 3 N–H and O–H groups in total. The van der Waals surface area contributed by atoms with Gasteiger partial charge in [0.05, 0.1) is 18.4 Å². The number of piperidine rings is 1. The number of hydrogen-bond donors (Lipinski definition) is 2. The molecule has 2 heterocycles. The molecule has 0 spiro atoms. The first kappa shape index (κ1) is 15.0. The summed E-state index contributed by atoms with van der Waals surface area (Å²) in [5.41, 5.74) is 2.68. The summed E-state index contributed by atoms with van der Waals surface area (Å²) < 4.78 is 5.42. The van der Waals surface area contributed by atoms with Crippen LogP contribution in [0, 0.1) is 5.92 Å². The Morgan fingerprint density at radius 1 is 1.50 bits per heavy atom. The normalized spacial score (nSPS) is 17.6. The number of nitrogens with zero attached hydrogens (tertiary/aromatic N) is 2. The summed E-state index contributed by atoms with van der Waals surface area (Å²) in [6, 6.07) is 1.66. The zero-order chi connectivity index (χ0) is 14.5. The predicted octanol–water partition coefficient (Wildman–Crippen LogP) is 0.657. The molecule has 0 bridgehead atoms. The van der Waals surface area contributed by atoms with Crippen LogP contribution in [0.1, 0.15) is 29.0 Å². The minimum atomic E-state index is -0.295. The fraction of sp³-hybridized carbons (Fsp3) is 0.643. The first-order valence-electron chi connectivity index (χ1n) is 7.04. The fourth-order valence-electron chi connectivity index (χ4n) is 2.79. The van der Waals surface area contributed by atoms with Gasteiger partial charge in [-0.2, -0.15) is 0 Å². The predicted molar refractivity (Wildman–Crippen MR) is 76.9 cm³/mol. The van der Waals surface area contributed by atoms with Crippen molar-refractivity contribution in [2.24, 2.45) is 11.8 Å². The summed E-state index contributed by atoms with van der Waals surface area (Å²) in [5.74, 6) is 6.34. The maximum atomic E-state index is 11.6. The van der Waals surface area contributed by atoms with Crippen LogP contribution in [0.4, 0.5) is 0 Å². The largest absolute Gasteiger partial charge is 0.467 e. The van der Waals surface area contributed by atoms with Gasteiger partial charge in [0, 0.05) is 6.54 Å². The van der Waals surface area contributed by atoms with Crippen LogP contribution in [0.5, 0.6) is 0 Å². The summed E-state index contributed by atoms with van der Waals surface area (Å²) in [6.07, 6.45) is 3.92. The molecule has 0 unspecified atom stereocenters. The summed E-state index contributed by atoms with van der Waals surface area (Å²) >= 11 is 0. The number of carbonyl (C=O) groups is 1. The number of carbonyl (C=O) groups excluding carboxylic acids is 1. The second-order valence-electron chi connectivity index (χ2n) is 5.71. The molecular formula is C14H24N4O2. The van der Waals surface area contributed by atoms with Crippen molar-refractivity contribution in [3.05, 3.63) is 23.7 Å². The van der Waals surface area contributed by atoms with E-state index in [4.69, 9.17) is 10.3 Å². The molecule has 0 atom stereocenters. The van der Waals surface area contributed by atoms with E-state index in [2.05, 4.69) is 29.3 Å². The van der Waals surface area contributed by atoms with E-state index in [0.717, 1.165) is 25.6 Å². The Morgan fingerprint density at radius 2 is 2.20 bits per heavy atom. The zero-order valence-corrected chi connectivity index (χ0v) is 12.3. The van der Waals surface area contributed by atoms with Gasteiger partial charge in [0.25, 0.3) is 5.91 Å². The van der Waals surface area contributed by atoms with Crippen molar-refractivity contribution in [1.29, 1.82) is 0 Å². The number of amides is 1. The van der Waals surface area contributed by atoms with E-state index in [1.807, 2.05) is 0 Å². The lowest BCUT2D eigenvalue weighted by atomic mass is 9.96. The van der Waals surface area contributed by atoms with E-state index in [1.165, 1.54) is 12.8 Å². The standard InChI is InChI=1S/C14H24N4O2/c1-17(2)9-11-3-6-18(7-4-11)10-13-12(5-8-20-13)14(19)16-15/h5,8,11H,3-4,6-7,9-10,15H2,1-2H3,(H,16,19). The van der Waals surface area contributed by atoms with Crippen LogP contribution < -0.4 is 11.3 Å². The highest BCUT2D eigenvalue weighted by Crippen LogP contribution is 2.21. The summed E-state index contributed by atoms with van der Waals surface area (Å²) in [4.78, 5) is 16.2. The summed E-state index contributed by atoms with van der Waals surface area (Å²) in [5, 5.41) is 0. The third-order valence-corrected chi connectivity index (χ3v) is 3.82. The minimum absolute atomic E-state index is 0.295. The molecule has 1 aliphatic rings. The lowest BCUT2D eigenvalue weighted by Gasteiger charge is -2.32. The molecule has 20 heavy (non-hydrogen) atoms. The van der Waals surface area contributed by atoms with Gasteiger partial charge in [-0.1, -0.05) is 0 Å². The van der Waals surface area contributed by atoms with Gasteiger partial charge in [-0.15, -0.1) is 0 Å². The Labute approximate surface area is 119 Å². The molecule has 1 aromatic heterocycles. The van der Waals surface area contributed by atoms with Crippen molar-refractivity contribution in [2.45, 2.75) is 19.4 Å². The van der Waals surface area contributed by atoms with Crippen molar-refractivity contribution >= 4 is 5.91 Å². The highest BCUT2D eigenvalue weighted by atomic mass is 16.3. The van der Waals surface area contributed by atoms with E-state index in [9.17, 15) is 4.79 Å². The molecule has 6 nitrogen and oxygen atoms in total. The molecular weight excluding hydrogens is 256 g/mol. The van der Waals surface area contributed by atoms with Crippen molar-refractivity contribution in [1.82, 2.24) is 15.2 Å². The molecule has 1 aliphatic heterocycles. The molecule has 1 fully saturated rings. The summed E-state index contributed by atoms with van der Waals surface area (Å²) in [7, 11) is 4.24. The number of nitrogens with two attached hydrogens (primary N) is 1. The van der Waals surface area contributed by atoms with Gasteiger partial charge >= 0.3 is 0 Å². The van der Waals surface area contributed by atoms with E-state index >= 15 is 0 Å². The van der Waals surface area contributed by atoms with Crippen LogP contribution in [-0.4, -0.2) is 49.4 Å². The maximum absolute atomic E-state index is 11.6. The number of rotatable bonds is 5. The molecule has 1 aromatic rings. The van der Waals surface area contributed by atoms with Gasteiger partial charge in [-0.05, 0) is 52.0 Å². The first-order valence-corrected chi connectivity index (χ1v) is 7.04.